The van der Waals surface area contributed by atoms with Crippen LogP contribution in [0.2, 0.25) is 0 Å². The number of hydrogen-bond acceptors (Lipinski definition) is 3. The monoisotopic (exact) mass is 349 g/mol. The van der Waals surface area contributed by atoms with Crippen molar-refractivity contribution in [2.45, 2.75) is 25.4 Å². The minimum absolute atomic E-state index is 0.0109. The third kappa shape index (κ3) is 2.13. The topological polar surface area (TPSA) is 66.2 Å². The Labute approximate surface area is 150 Å². The molecule has 5 nitrogen and oxygen atoms in total. The van der Waals surface area contributed by atoms with Gasteiger partial charge >= 0.3 is 5.97 Å². The number of pyridine rings is 1. The molecule has 1 fully saturated rings. The smallest absolute Gasteiger partial charge is 0.311 e. The van der Waals surface area contributed by atoms with E-state index in [2.05, 4.69) is 40.1 Å². The van der Waals surface area contributed by atoms with Crippen LogP contribution in [0.15, 0.2) is 42.1 Å². The van der Waals surface area contributed by atoms with Gasteiger partial charge in [0.05, 0.1) is 19.1 Å². The lowest BCUT2D eigenvalue weighted by Gasteiger charge is -2.35. The highest BCUT2D eigenvalue weighted by atomic mass is 16.5. The van der Waals surface area contributed by atoms with Gasteiger partial charge in [-0.1, -0.05) is 18.2 Å². The summed E-state index contributed by atoms with van der Waals surface area (Å²) >= 11 is 0. The van der Waals surface area contributed by atoms with Crippen LogP contribution < -0.4 is 4.57 Å². The molecule has 1 aliphatic carbocycles. The Morgan fingerprint density at radius 1 is 1.27 bits per heavy atom. The van der Waals surface area contributed by atoms with E-state index in [1.54, 1.807) is 0 Å². The normalized spacial score (nSPS) is 24.8. The molecule has 1 aromatic carbocycles. The van der Waals surface area contributed by atoms with Crippen LogP contribution in [-0.2, 0) is 16.0 Å². The quantitative estimate of drug-likeness (QED) is 0.524. The highest BCUT2D eigenvalue weighted by Gasteiger charge is 2.45. The summed E-state index contributed by atoms with van der Waals surface area (Å²) in [5.74, 6) is -0.818. The van der Waals surface area contributed by atoms with Crippen LogP contribution in [-0.4, -0.2) is 29.3 Å². The number of aliphatic hydroxyl groups excluding tert-OH is 1. The standard InChI is InChI=1S/C21H20N2O3/c1-26-21(25)19-15-10-17-20-14(13-4-2-3-5-16(13)22-20)8-9-23(17)11-12(15)6-7-18(19)24/h2-5,8-9,11,15,18-19,24H,6-7,10H2,1H3/p+1/t15-,18-,19+/m0/s1. The van der Waals surface area contributed by atoms with Crippen LogP contribution in [0, 0.1) is 11.8 Å². The van der Waals surface area contributed by atoms with Gasteiger partial charge in [-0.2, -0.15) is 4.57 Å². The first-order valence-electron chi connectivity index (χ1n) is 9.07. The summed E-state index contributed by atoms with van der Waals surface area (Å²) in [6, 6.07) is 10.4. The number of aromatic amines is 1. The maximum absolute atomic E-state index is 12.3. The summed E-state index contributed by atoms with van der Waals surface area (Å²) in [5.41, 5.74) is 4.58. The second-order valence-corrected chi connectivity index (χ2v) is 7.30. The number of rotatable bonds is 1. The molecule has 3 heterocycles. The zero-order chi connectivity index (χ0) is 17.8. The van der Waals surface area contributed by atoms with Crippen molar-refractivity contribution in [3.05, 3.63) is 47.8 Å². The number of fused-ring (bicyclic) bond motifs is 6. The van der Waals surface area contributed by atoms with E-state index in [1.807, 2.05) is 12.1 Å². The number of aliphatic hydroxyl groups is 1. The molecule has 2 aromatic heterocycles. The van der Waals surface area contributed by atoms with Crippen molar-refractivity contribution in [3.8, 4) is 0 Å². The Hall–Kier alpha value is -2.66. The molecule has 2 N–H and O–H groups in total. The molecular formula is C21H21N2O3+. The summed E-state index contributed by atoms with van der Waals surface area (Å²) in [6.07, 6.45) is 5.73. The van der Waals surface area contributed by atoms with Crippen molar-refractivity contribution >= 4 is 34.0 Å². The number of allylic oxidation sites excluding steroid dienone is 1. The van der Waals surface area contributed by atoms with Gasteiger partial charge in [0.2, 0.25) is 5.69 Å². The van der Waals surface area contributed by atoms with E-state index in [1.165, 1.54) is 23.5 Å². The molecule has 1 saturated carbocycles. The SMILES string of the molecule is COC(=O)[C@H]1[C@@H](O)CCC2=C[n+]3ccc4c([nH]c5ccccc54)c3C[C@@H]21. The van der Waals surface area contributed by atoms with Gasteiger partial charge < -0.3 is 14.8 Å². The first-order valence-corrected chi connectivity index (χ1v) is 9.07. The van der Waals surface area contributed by atoms with Crippen LogP contribution in [0.25, 0.3) is 28.0 Å². The van der Waals surface area contributed by atoms with Crippen LogP contribution in [0.5, 0.6) is 0 Å². The molecule has 1 aliphatic heterocycles. The van der Waals surface area contributed by atoms with Crippen molar-refractivity contribution in [2.75, 3.05) is 7.11 Å². The number of nitrogens with zero attached hydrogens (tertiary/aromatic N) is 1. The molecule has 0 unspecified atom stereocenters. The van der Waals surface area contributed by atoms with Crippen LogP contribution in [0.1, 0.15) is 18.5 Å². The average Bonchev–Trinajstić information content (AvgIpc) is 3.05. The second-order valence-electron chi connectivity index (χ2n) is 7.30. The van der Waals surface area contributed by atoms with E-state index in [-0.39, 0.29) is 11.9 Å². The number of methoxy groups -OCH3 is 1. The first-order chi connectivity index (χ1) is 12.7. The van der Waals surface area contributed by atoms with Crippen molar-refractivity contribution < 1.29 is 19.2 Å². The van der Waals surface area contributed by atoms with E-state index in [0.717, 1.165) is 23.1 Å². The number of nitrogens with one attached hydrogen (secondary N) is 1. The fraction of sp³-hybridized carbons (Fsp3) is 0.333. The van der Waals surface area contributed by atoms with Crippen LogP contribution >= 0.6 is 0 Å². The fourth-order valence-electron chi connectivity index (χ4n) is 4.71. The minimum Gasteiger partial charge on any atom is -0.469 e. The zero-order valence-corrected chi connectivity index (χ0v) is 14.6. The fourth-order valence-corrected chi connectivity index (χ4v) is 4.71. The second kappa shape index (κ2) is 5.68. The molecule has 26 heavy (non-hydrogen) atoms. The number of carbonyl (C=O) groups excluding carboxylic acids is 1. The predicted octanol–water partition coefficient (Wildman–Crippen LogP) is 2.57. The molecule has 132 valence electrons. The van der Waals surface area contributed by atoms with Gasteiger partial charge in [0.15, 0.2) is 12.4 Å². The maximum Gasteiger partial charge on any atom is 0.311 e. The van der Waals surface area contributed by atoms with E-state index >= 15 is 0 Å². The number of para-hydroxylation sites is 1. The van der Waals surface area contributed by atoms with E-state index in [0.29, 0.717) is 12.8 Å². The lowest BCUT2D eigenvalue weighted by molar-refractivity contribution is -0.579. The van der Waals surface area contributed by atoms with Crippen molar-refractivity contribution in [1.82, 2.24) is 4.98 Å². The highest BCUT2D eigenvalue weighted by molar-refractivity contribution is 6.07. The molecule has 0 amide bonds. The molecule has 0 saturated heterocycles. The Balaban J connectivity index is 1.69. The Morgan fingerprint density at radius 2 is 2.12 bits per heavy atom. The third-order valence-corrected chi connectivity index (χ3v) is 5.99. The lowest BCUT2D eigenvalue weighted by atomic mass is 9.71. The largest absolute Gasteiger partial charge is 0.469 e. The van der Waals surface area contributed by atoms with E-state index in [9.17, 15) is 9.90 Å². The van der Waals surface area contributed by atoms with Gasteiger partial charge in [-0.15, -0.1) is 0 Å². The van der Waals surface area contributed by atoms with Crippen LogP contribution in [0.4, 0.5) is 0 Å². The van der Waals surface area contributed by atoms with Gasteiger partial charge in [-0.3, -0.25) is 4.79 Å². The first kappa shape index (κ1) is 15.6. The number of carbonyl (C=O) groups is 1. The molecule has 3 atom stereocenters. The lowest BCUT2D eigenvalue weighted by Crippen LogP contribution is -2.47. The number of aromatic nitrogens is 2. The minimum atomic E-state index is -0.641. The van der Waals surface area contributed by atoms with Crippen molar-refractivity contribution in [2.24, 2.45) is 11.8 Å². The number of benzene rings is 1. The molecular weight excluding hydrogens is 328 g/mol. The molecule has 3 aromatic rings. The van der Waals surface area contributed by atoms with Crippen molar-refractivity contribution in [3.63, 3.8) is 0 Å². The van der Waals surface area contributed by atoms with Gasteiger partial charge in [-0.25, -0.2) is 0 Å². The third-order valence-electron chi connectivity index (χ3n) is 5.99. The number of esters is 1. The average molecular weight is 349 g/mol. The number of H-pyrrole nitrogens is 1. The summed E-state index contributed by atoms with van der Waals surface area (Å²) in [5, 5.41) is 12.8. The molecule has 5 heteroatoms. The Kier molecular flexibility index (Phi) is 3.40. The molecule has 0 radical (unpaired) electrons. The number of ether oxygens (including phenoxy) is 1. The van der Waals surface area contributed by atoms with Gasteiger partial charge in [-0.05, 0) is 24.5 Å². The van der Waals surface area contributed by atoms with E-state index in [4.69, 9.17) is 4.74 Å². The highest BCUT2D eigenvalue weighted by Crippen LogP contribution is 2.40. The molecule has 0 spiro atoms. The van der Waals surface area contributed by atoms with Gasteiger partial charge in [0.25, 0.3) is 0 Å². The molecule has 2 aliphatic rings. The van der Waals surface area contributed by atoms with E-state index < -0.39 is 12.0 Å². The number of hydrogen-bond donors (Lipinski definition) is 2. The molecule has 5 rings (SSSR count). The van der Waals surface area contributed by atoms with Crippen molar-refractivity contribution in [1.29, 1.82) is 0 Å². The summed E-state index contributed by atoms with van der Waals surface area (Å²) < 4.78 is 7.15. The maximum atomic E-state index is 12.3. The molecule has 0 bridgehead atoms. The van der Waals surface area contributed by atoms with Gasteiger partial charge in [0, 0.05) is 34.7 Å². The van der Waals surface area contributed by atoms with Gasteiger partial charge in [0.1, 0.15) is 5.52 Å². The zero-order valence-electron chi connectivity index (χ0n) is 14.6. The summed E-state index contributed by atoms with van der Waals surface area (Å²) in [7, 11) is 1.40. The Morgan fingerprint density at radius 3 is 2.96 bits per heavy atom. The summed E-state index contributed by atoms with van der Waals surface area (Å²) in [4.78, 5) is 15.9. The summed E-state index contributed by atoms with van der Waals surface area (Å²) in [6.45, 7) is 0. The Bertz CT molecular complexity index is 1070. The van der Waals surface area contributed by atoms with Crippen LogP contribution in [0.3, 0.4) is 0 Å². The predicted molar refractivity (Wildman–Crippen MR) is 98.2 cm³/mol.